The highest BCUT2D eigenvalue weighted by atomic mass is 16.6. The SMILES string of the molecule is C[C@H]1CC(C)(C)C[C@@]2(C1)NC(=O)N(CN(C)Cc1ccc3c(c1)OCCO3)C2=O. The van der Waals surface area contributed by atoms with Gasteiger partial charge in [0, 0.05) is 6.54 Å². The molecule has 2 heterocycles. The zero-order valence-electron chi connectivity index (χ0n) is 17.8. The average molecular weight is 402 g/mol. The van der Waals surface area contributed by atoms with Gasteiger partial charge < -0.3 is 14.8 Å². The quantitative estimate of drug-likeness (QED) is 0.786. The normalized spacial score (nSPS) is 28.2. The first-order valence-corrected chi connectivity index (χ1v) is 10.4. The van der Waals surface area contributed by atoms with E-state index in [1.54, 1.807) is 0 Å². The molecule has 2 aliphatic heterocycles. The first-order valence-electron chi connectivity index (χ1n) is 10.4. The summed E-state index contributed by atoms with van der Waals surface area (Å²) in [6, 6.07) is 5.58. The van der Waals surface area contributed by atoms with E-state index in [0.717, 1.165) is 23.5 Å². The van der Waals surface area contributed by atoms with Gasteiger partial charge in [-0.2, -0.15) is 0 Å². The van der Waals surface area contributed by atoms with Gasteiger partial charge in [-0.25, -0.2) is 9.69 Å². The lowest BCUT2D eigenvalue weighted by molar-refractivity contribution is -0.136. The minimum Gasteiger partial charge on any atom is -0.486 e. The van der Waals surface area contributed by atoms with Crippen LogP contribution >= 0.6 is 0 Å². The molecule has 158 valence electrons. The van der Waals surface area contributed by atoms with Crippen molar-refractivity contribution in [1.29, 1.82) is 0 Å². The highest BCUT2D eigenvalue weighted by Crippen LogP contribution is 2.46. The number of imide groups is 1. The third-order valence-electron chi connectivity index (χ3n) is 6.07. The van der Waals surface area contributed by atoms with Crippen LogP contribution in [0.4, 0.5) is 4.79 Å². The highest BCUT2D eigenvalue weighted by Gasteiger charge is 2.56. The molecule has 2 fully saturated rings. The molecular formula is C22H31N3O4. The smallest absolute Gasteiger partial charge is 0.326 e. The number of fused-ring (bicyclic) bond motifs is 1. The number of amides is 3. The molecule has 1 aliphatic carbocycles. The van der Waals surface area contributed by atoms with Gasteiger partial charge in [-0.05, 0) is 55.3 Å². The first-order chi connectivity index (χ1) is 13.7. The van der Waals surface area contributed by atoms with Crippen molar-refractivity contribution in [2.45, 2.75) is 52.1 Å². The van der Waals surface area contributed by atoms with Gasteiger partial charge in [0.05, 0.1) is 6.67 Å². The summed E-state index contributed by atoms with van der Waals surface area (Å²) >= 11 is 0. The van der Waals surface area contributed by atoms with E-state index >= 15 is 0 Å². The maximum atomic E-state index is 13.3. The van der Waals surface area contributed by atoms with Crippen molar-refractivity contribution in [1.82, 2.24) is 15.1 Å². The van der Waals surface area contributed by atoms with Crippen molar-refractivity contribution in [2.24, 2.45) is 11.3 Å². The second kappa shape index (κ2) is 7.20. The molecule has 0 radical (unpaired) electrons. The molecule has 1 saturated carbocycles. The standard InChI is InChI=1S/C22H31N3O4/c1-15-10-21(2,3)13-22(11-15)19(26)25(20(27)23-22)14-24(4)12-16-5-6-17-18(9-16)29-8-7-28-17/h5-6,9,15H,7-8,10-14H2,1-4H3,(H,23,27)/t15-,22+/m0/s1. The van der Waals surface area contributed by atoms with Gasteiger partial charge >= 0.3 is 6.03 Å². The zero-order valence-corrected chi connectivity index (χ0v) is 17.8. The number of ether oxygens (including phenoxy) is 2. The Balaban J connectivity index is 1.44. The van der Waals surface area contributed by atoms with Crippen molar-refractivity contribution in [3.05, 3.63) is 23.8 Å². The van der Waals surface area contributed by atoms with Crippen molar-refractivity contribution in [3.63, 3.8) is 0 Å². The molecule has 7 nitrogen and oxygen atoms in total. The second-order valence-corrected chi connectivity index (χ2v) is 9.73. The Kier molecular flexibility index (Phi) is 4.97. The van der Waals surface area contributed by atoms with Gasteiger partial charge in [-0.15, -0.1) is 0 Å². The Morgan fingerprint density at radius 2 is 1.90 bits per heavy atom. The van der Waals surface area contributed by atoms with Crippen LogP contribution in [0.1, 0.15) is 45.6 Å². The van der Waals surface area contributed by atoms with Gasteiger partial charge in [0.25, 0.3) is 5.91 Å². The molecule has 29 heavy (non-hydrogen) atoms. The molecule has 1 saturated heterocycles. The number of rotatable bonds is 4. The number of benzene rings is 1. The molecule has 0 unspecified atom stereocenters. The minimum atomic E-state index is -0.754. The van der Waals surface area contributed by atoms with Crippen molar-refractivity contribution in [3.8, 4) is 11.5 Å². The Bertz CT molecular complexity index is 824. The van der Waals surface area contributed by atoms with E-state index < -0.39 is 5.54 Å². The number of urea groups is 1. The van der Waals surface area contributed by atoms with Crippen LogP contribution in [0.5, 0.6) is 11.5 Å². The summed E-state index contributed by atoms with van der Waals surface area (Å²) in [4.78, 5) is 29.3. The van der Waals surface area contributed by atoms with Crippen LogP contribution in [0.2, 0.25) is 0 Å². The van der Waals surface area contributed by atoms with E-state index in [1.165, 1.54) is 4.90 Å². The lowest BCUT2D eigenvalue weighted by Crippen LogP contribution is -2.54. The number of nitrogens with one attached hydrogen (secondary N) is 1. The fourth-order valence-electron chi connectivity index (χ4n) is 5.42. The molecule has 4 rings (SSSR count). The summed E-state index contributed by atoms with van der Waals surface area (Å²) in [7, 11) is 1.91. The molecule has 1 spiro atoms. The highest BCUT2D eigenvalue weighted by molar-refractivity contribution is 6.07. The minimum absolute atomic E-state index is 0.0354. The van der Waals surface area contributed by atoms with Crippen molar-refractivity contribution < 1.29 is 19.1 Å². The largest absolute Gasteiger partial charge is 0.486 e. The van der Waals surface area contributed by atoms with Gasteiger partial charge in [0.1, 0.15) is 18.8 Å². The fourth-order valence-corrected chi connectivity index (χ4v) is 5.42. The lowest BCUT2D eigenvalue weighted by Gasteiger charge is -2.43. The number of carbonyl (C=O) groups excluding carboxylic acids is 2. The van der Waals surface area contributed by atoms with Gasteiger partial charge in [-0.3, -0.25) is 9.69 Å². The summed E-state index contributed by atoms with van der Waals surface area (Å²) in [5, 5.41) is 3.04. The second-order valence-electron chi connectivity index (χ2n) is 9.73. The van der Waals surface area contributed by atoms with Gasteiger partial charge in [-0.1, -0.05) is 26.8 Å². The maximum absolute atomic E-state index is 13.3. The predicted octanol–water partition coefficient (Wildman–Crippen LogP) is 2.98. The summed E-state index contributed by atoms with van der Waals surface area (Å²) in [5.41, 5.74) is 0.329. The van der Waals surface area contributed by atoms with E-state index in [9.17, 15) is 9.59 Å². The topological polar surface area (TPSA) is 71.1 Å². The number of hydrogen-bond donors (Lipinski definition) is 1. The third kappa shape index (κ3) is 3.92. The van der Waals surface area contributed by atoms with E-state index in [4.69, 9.17) is 9.47 Å². The number of carbonyl (C=O) groups is 2. The van der Waals surface area contributed by atoms with E-state index in [2.05, 4.69) is 26.1 Å². The third-order valence-corrected chi connectivity index (χ3v) is 6.07. The summed E-state index contributed by atoms with van der Waals surface area (Å²) in [5.74, 6) is 1.82. The van der Waals surface area contributed by atoms with Crippen LogP contribution in [0, 0.1) is 11.3 Å². The maximum Gasteiger partial charge on any atom is 0.326 e. The number of nitrogens with zero attached hydrogens (tertiary/aromatic N) is 2. The zero-order chi connectivity index (χ0) is 20.8. The van der Waals surface area contributed by atoms with Crippen molar-refractivity contribution >= 4 is 11.9 Å². The molecule has 3 amide bonds. The molecule has 1 N–H and O–H groups in total. The van der Waals surface area contributed by atoms with Crippen LogP contribution in [0.15, 0.2) is 18.2 Å². The summed E-state index contributed by atoms with van der Waals surface area (Å²) in [6.45, 7) is 8.50. The molecule has 0 aromatic heterocycles. The number of hydrogen-bond acceptors (Lipinski definition) is 5. The van der Waals surface area contributed by atoms with Crippen LogP contribution < -0.4 is 14.8 Å². The summed E-state index contributed by atoms with van der Waals surface area (Å²) < 4.78 is 11.2. The Morgan fingerprint density at radius 1 is 1.17 bits per heavy atom. The van der Waals surface area contributed by atoms with Crippen LogP contribution in [-0.4, -0.2) is 54.2 Å². The fraction of sp³-hybridized carbons (Fsp3) is 0.636. The first kappa shape index (κ1) is 20.0. The predicted molar refractivity (Wildman–Crippen MR) is 109 cm³/mol. The average Bonchev–Trinajstić information content (AvgIpc) is 2.83. The summed E-state index contributed by atoms with van der Waals surface area (Å²) in [6.07, 6.45) is 2.47. The molecule has 0 bridgehead atoms. The molecule has 7 heteroatoms. The molecular weight excluding hydrogens is 370 g/mol. The van der Waals surface area contributed by atoms with Gasteiger partial charge in [0.2, 0.25) is 0 Å². The van der Waals surface area contributed by atoms with Crippen LogP contribution in [-0.2, 0) is 11.3 Å². The van der Waals surface area contributed by atoms with E-state index in [-0.39, 0.29) is 24.0 Å². The molecule has 3 aliphatic rings. The monoisotopic (exact) mass is 401 g/mol. The molecule has 1 aromatic carbocycles. The van der Waals surface area contributed by atoms with E-state index in [0.29, 0.717) is 38.5 Å². The molecule has 1 aromatic rings. The van der Waals surface area contributed by atoms with Gasteiger partial charge in [0.15, 0.2) is 11.5 Å². The van der Waals surface area contributed by atoms with Crippen molar-refractivity contribution in [2.75, 3.05) is 26.9 Å². The van der Waals surface area contributed by atoms with Crippen LogP contribution in [0.25, 0.3) is 0 Å². The van der Waals surface area contributed by atoms with Crippen LogP contribution in [0.3, 0.4) is 0 Å². The lowest BCUT2D eigenvalue weighted by atomic mass is 9.64. The Labute approximate surface area is 172 Å². The molecule has 2 atom stereocenters. The van der Waals surface area contributed by atoms with E-state index in [1.807, 2.05) is 30.1 Å². The Morgan fingerprint density at radius 3 is 2.62 bits per heavy atom. The Hall–Kier alpha value is -2.28.